The van der Waals surface area contributed by atoms with Crippen LogP contribution in [0.2, 0.25) is 0 Å². The Morgan fingerprint density at radius 1 is 1.33 bits per heavy atom. The second kappa shape index (κ2) is 7.10. The summed E-state index contributed by atoms with van der Waals surface area (Å²) >= 11 is 0. The lowest BCUT2D eigenvalue weighted by atomic mass is 10.00. The van der Waals surface area contributed by atoms with E-state index in [-0.39, 0.29) is 23.3 Å². The van der Waals surface area contributed by atoms with Gasteiger partial charge in [-0.1, -0.05) is 5.16 Å². The Bertz CT molecular complexity index is 681. The summed E-state index contributed by atoms with van der Waals surface area (Å²) in [7, 11) is -3.04. The van der Waals surface area contributed by atoms with Gasteiger partial charge < -0.3 is 19.1 Å². The minimum Gasteiger partial charge on any atom is -0.378 e. The molecule has 3 heterocycles. The van der Waals surface area contributed by atoms with Crippen LogP contribution in [-0.2, 0) is 14.6 Å². The standard InChI is InChI=1S/C15H23N3O5S/c1-24(20,21)11-12-3-2-4-18(10-12)15(19)13-9-14(16-23-13)17-5-7-22-8-6-17/h9,12H,2-8,10-11H2,1H3. The van der Waals surface area contributed by atoms with E-state index in [2.05, 4.69) is 5.16 Å². The number of piperidine rings is 1. The molecule has 2 saturated heterocycles. The van der Waals surface area contributed by atoms with Crippen molar-refractivity contribution in [2.24, 2.45) is 5.92 Å². The minimum absolute atomic E-state index is 0.0145. The normalized spacial score (nSPS) is 22.6. The molecule has 134 valence electrons. The first kappa shape index (κ1) is 17.2. The second-order valence-electron chi connectivity index (χ2n) is 6.50. The summed E-state index contributed by atoms with van der Waals surface area (Å²) in [5.41, 5.74) is 0. The molecule has 1 aromatic heterocycles. The maximum Gasteiger partial charge on any atom is 0.292 e. The van der Waals surface area contributed by atoms with Crippen LogP contribution >= 0.6 is 0 Å². The van der Waals surface area contributed by atoms with Crippen molar-refractivity contribution in [1.82, 2.24) is 10.1 Å². The van der Waals surface area contributed by atoms with Crippen molar-refractivity contribution in [3.05, 3.63) is 11.8 Å². The molecule has 0 aromatic carbocycles. The Balaban J connectivity index is 1.64. The van der Waals surface area contributed by atoms with E-state index in [0.717, 1.165) is 25.9 Å². The van der Waals surface area contributed by atoms with Crippen molar-refractivity contribution >= 4 is 21.6 Å². The monoisotopic (exact) mass is 357 g/mol. The first-order valence-corrected chi connectivity index (χ1v) is 10.2. The summed E-state index contributed by atoms with van der Waals surface area (Å²) in [6.45, 7) is 3.78. The number of sulfone groups is 1. The smallest absolute Gasteiger partial charge is 0.292 e. The van der Waals surface area contributed by atoms with E-state index in [1.54, 1.807) is 11.0 Å². The molecule has 0 N–H and O–H groups in total. The van der Waals surface area contributed by atoms with Gasteiger partial charge in [0.1, 0.15) is 9.84 Å². The van der Waals surface area contributed by atoms with Gasteiger partial charge in [0.05, 0.1) is 19.0 Å². The number of hydrogen-bond donors (Lipinski definition) is 0. The van der Waals surface area contributed by atoms with Gasteiger partial charge in [-0.3, -0.25) is 4.79 Å². The third-order valence-corrected chi connectivity index (χ3v) is 5.47. The number of ether oxygens (including phenoxy) is 1. The summed E-state index contributed by atoms with van der Waals surface area (Å²) in [5, 5.41) is 3.99. The third-order valence-electron chi connectivity index (χ3n) is 4.39. The van der Waals surface area contributed by atoms with Crippen LogP contribution in [0.1, 0.15) is 23.4 Å². The SMILES string of the molecule is CS(=O)(=O)CC1CCCN(C(=O)c2cc(N3CCOCC3)no2)C1. The fourth-order valence-corrected chi connectivity index (χ4v) is 4.41. The maximum atomic E-state index is 12.6. The van der Waals surface area contributed by atoms with Crippen LogP contribution in [0.15, 0.2) is 10.6 Å². The predicted octanol–water partition coefficient (Wildman–Crippen LogP) is 0.408. The van der Waals surface area contributed by atoms with Gasteiger partial charge in [-0.2, -0.15) is 0 Å². The summed E-state index contributed by atoms with van der Waals surface area (Å²) in [4.78, 5) is 16.3. The van der Waals surface area contributed by atoms with Gasteiger partial charge in [0, 0.05) is 38.5 Å². The van der Waals surface area contributed by atoms with Crippen LogP contribution in [0.25, 0.3) is 0 Å². The number of morpholine rings is 1. The molecule has 2 aliphatic rings. The number of rotatable bonds is 4. The number of likely N-dealkylation sites (tertiary alicyclic amines) is 1. The zero-order valence-electron chi connectivity index (χ0n) is 13.8. The molecule has 9 heteroatoms. The Hall–Kier alpha value is -1.61. The fourth-order valence-electron chi connectivity index (χ4n) is 3.28. The predicted molar refractivity (Wildman–Crippen MR) is 87.9 cm³/mol. The van der Waals surface area contributed by atoms with Gasteiger partial charge in [-0.05, 0) is 18.8 Å². The average Bonchev–Trinajstić information content (AvgIpc) is 3.03. The summed E-state index contributed by atoms with van der Waals surface area (Å²) < 4.78 is 33.5. The molecular weight excluding hydrogens is 334 g/mol. The van der Waals surface area contributed by atoms with Crippen molar-refractivity contribution in [2.75, 3.05) is 56.3 Å². The number of carbonyl (C=O) groups excluding carboxylic acids is 1. The van der Waals surface area contributed by atoms with Gasteiger partial charge >= 0.3 is 0 Å². The Morgan fingerprint density at radius 3 is 2.79 bits per heavy atom. The highest BCUT2D eigenvalue weighted by molar-refractivity contribution is 7.90. The minimum atomic E-state index is -3.04. The topological polar surface area (TPSA) is 93.0 Å². The van der Waals surface area contributed by atoms with Crippen molar-refractivity contribution in [2.45, 2.75) is 12.8 Å². The van der Waals surface area contributed by atoms with Gasteiger partial charge in [-0.25, -0.2) is 8.42 Å². The van der Waals surface area contributed by atoms with Crippen LogP contribution in [0.3, 0.4) is 0 Å². The number of carbonyl (C=O) groups is 1. The number of amides is 1. The van der Waals surface area contributed by atoms with Crippen molar-refractivity contribution in [1.29, 1.82) is 0 Å². The van der Waals surface area contributed by atoms with Gasteiger partial charge in [0.25, 0.3) is 5.91 Å². The van der Waals surface area contributed by atoms with Crippen molar-refractivity contribution < 1.29 is 22.5 Å². The van der Waals surface area contributed by atoms with Crippen LogP contribution in [0.5, 0.6) is 0 Å². The Morgan fingerprint density at radius 2 is 2.08 bits per heavy atom. The van der Waals surface area contributed by atoms with Gasteiger partial charge in [-0.15, -0.1) is 0 Å². The first-order valence-electron chi connectivity index (χ1n) is 8.19. The molecule has 3 rings (SSSR count). The van der Waals surface area contributed by atoms with E-state index < -0.39 is 9.84 Å². The van der Waals surface area contributed by atoms with E-state index in [1.165, 1.54) is 6.26 Å². The third kappa shape index (κ3) is 4.27. The van der Waals surface area contributed by atoms with Gasteiger partial charge in [0.15, 0.2) is 5.82 Å². The van der Waals surface area contributed by atoms with E-state index in [9.17, 15) is 13.2 Å². The lowest BCUT2D eigenvalue weighted by Crippen LogP contribution is -2.41. The first-order chi connectivity index (χ1) is 11.4. The molecule has 2 aliphatic heterocycles. The summed E-state index contributed by atoms with van der Waals surface area (Å²) in [6.07, 6.45) is 2.86. The largest absolute Gasteiger partial charge is 0.378 e. The maximum absolute atomic E-state index is 12.6. The lowest BCUT2D eigenvalue weighted by Gasteiger charge is -2.31. The van der Waals surface area contributed by atoms with E-state index in [1.807, 2.05) is 4.90 Å². The lowest BCUT2D eigenvalue weighted by molar-refractivity contribution is 0.0642. The van der Waals surface area contributed by atoms with Crippen LogP contribution in [0, 0.1) is 5.92 Å². The van der Waals surface area contributed by atoms with Crippen molar-refractivity contribution in [3.63, 3.8) is 0 Å². The molecular formula is C15H23N3O5S. The molecule has 1 aromatic rings. The second-order valence-corrected chi connectivity index (χ2v) is 8.69. The average molecular weight is 357 g/mol. The zero-order chi connectivity index (χ0) is 17.2. The van der Waals surface area contributed by atoms with Gasteiger partial charge in [0.2, 0.25) is 5.76 Å². The van der Waals surface area contributed by atoms with Crippen molar-refractivity contribution in [3.8, 4) is 0 Å². The summed E-state index contributed by atoms with van der Waals surface area (Å²) in [6, 6.07) is 1.66. The highest BCUT2D eigenvalue weighted by atomic mass is 32.2. The van der Waals surface area contributed by atoms with Crippen LogP contribution in [0.4, 0.5) is 5.82 Å². The van der Waals surface area contributed by atoms with Crippen LogP contribution in [-0.4, -0.2) is 75.8 Å². The number of anilines is 1. The van der Waals surface area contributed by atoms with Crippen LogP contribution < -0.4 is 4.90 Å². The zero-order valence-corrected chi connectivity index (χ0v) is 14.6. The molecule has 24 heavy (non-hydrogen) atoms. The molecule has 0 bridgehead atoms. The fraction of sp³-hybridized carbons (Fsp3) is 0.733. The van der Waals surface area contributed by atoms with E-state index >= 15 is 0 Å². The molecule has 0 radical (unpaired) electrons. The molecule has 1 amide bonds. The summed E-state index contributed by atoms with van der Waals surface area (Å²) in [5.74, 6) is 0.731. The molecule has 8 nitrogen and oxygen atoms in total. The number of nitrogens with zero attached hydrogens (tertiary/aromatic N) is 3. The van der Waals surface area contributed by atoms with E-state index in [0.29, 0.717) is 32.1 Å². The molecule has 0 aliphatic carbocycles. The Kier molecular flexibility index (Phi) is 5.09. The number of aromatic nitrogens is 1. The highest BCUT2D eigenvalue weighted by Gasteiger charge is 2.29. The molecule has 1 unspecified atom stereocenters. The van der Waals surface area contributed by atoms with E-state index in [4.69, 9.17) is 9.26 Å². The molecule has 1 atom stereocenters. The quantitative estimate of drug-likeness (QED) is 0.770. The highest BCUT2D eigenvalue weighted by Crippen LogP contribution is 2.22. The Labute approximate surface area is 141 Å². The molecule has 2 fully saturated rings. The molecule has 0 saturated carbocycles. The molecule has 0 spiro atoms. The number of hydrogen-bond acceptors (Lipinski definition) is 7.